The van der Waals surface area contributed by atoms with E-state index in [9.17, 15) is 24.3 Å². The van der Waals surface area contributed by atoms with Crippen LogP contribution in [0.2, 0.25) is 0 Å². The van der Waals surface area contributed by atoms with Gasteiger partial charge < -0.3 is 42.0 Å². The number of nitrogens with two attached hydrogens (primary N) is 2. The van der Waals surface area contributed by atoms with Crippen LogP contribution in [0.3, 0.4) is 0 Å². The third-order valence-electron chi connectivity index (χ3n) is 5.94. The van der Waals surface area contributed by atoms with Gasteiger partial charge in [0.15, 0.2) is 0 Å². The highest BCUT2D eigenvalue weighted by Gasteiger charge is 2.41. The molecule has 0 fully saturated rings. The van der Waals surface area contributed by atoms with Crippen LogP contribution in [0.5, 0.6) is 5.75 Å². The van der Waals surface area contributed by atoms with Gasteiger partial charge in [0.25, 0.3) is 0 Å². The summed E-state index contributed by atoms with van der Waals surface area (Å²) in [4.78, 5) is 50.3. The molecular formula is C26H33N7O7. The number of carbonyl (C=O) groups excluding carboxylic acids is 4. The predicted molar refractivity (Wildman–Crippen MR) is 145 cm³/mol. The summed E-state index contributed by atoms with van der Waals surface area (Å²) in [5.41, 5.74) is 10.8. The molecule has 14 nitrogen and oxygen atoms in total. The molecule has 0 bridgehead atoms. The Kier molecular flexibility index (Phi) is 11.0. The highest BCUT2D eigenvalue weighted by Crippen LogP contribution is 2.22. The fourth-order valence-electron chi connectivity index (χ4n) is 3.81. The number of methoxy groups -OCH3 is 2. The number of rotatable bonds is 13. The summed E-state index contributed by atoms with van der Waals surface area (Å²) in [5, 5.41) is 32.7. The molecule has 0 heterocycles. The molecule has 0 aliphatic rings. The molecule has 1 atom stereocenters. The fraction of sp³-hybridized carbons (Fsp3) is 0.308. The highest BCUT2D eigenvalue weighted by molar-refractivity contribution is 5.97. The maximum atomic E-state index is 13.5. The summed E-state index contributed by atoms with van der Waals surface area (Å²) >= 11 is 0. The Morgan fingerprint density at radius 3 is 2.27 bits per heavy atom. The molecule has 2 rings (SSSR count). The Morgan fingerprint density at radius 2 is 1.68 bits per heavy atom. The van der Waals surface area contributed by atoms with Crippen molar-refractivity contribution in [2.75, 3.05) is 20.8 Å². The first-order valence-electron chi connectivity index (χ1n) is 12.0. The number of hydrogen-bond acceptors (Lipinski definition) is 9. The first-order chi connectivity index (χ1) is 18.9. The Labute approximate surface area is 230 Å². The molecule has 3 amide bonds. The minimum atomic E-state index is -1.74. The molecular weight excluding hydrogens is 522 g/mol. The van der Waals surface area contributed by atoms with E-state index in [1.165, 1.54) is 19.2 Å². The van der Waals surface area contributed by atoms with E-state index in [-0.39, 0.29) is 48.8 Å². The van der Waals surface area contributed by atoms with Gasteiger partial charge in [-0.3, -0.25) is 25.2 Å². The molecule has 0 saturated carbocycles. The molecule has 2 aromatic carbocycles. The average molecular weight is 556 g/mol. The van der Waals surface area contributed by atoms with E-state index in [0.29, 0.717) is 16.7 Å². The number of alkyl carbamates (subject to hydrolysis) is 1. The van der Waals surface area contributed by atoms with E-state index in [4.69, 9.17) is 31.8 Å². The van der Waals surface area contributed by atoms with Gasteiger partial charge >= 0.3 is 12.1 Å². The standard InChI is InChI=1S/C26H33N7O7/c1-39-21(36)8-9-26(33-25(38)40-2,12-15-4-3-5-17(10-15)22(27)28)24(37)32-14-20(35)31-13-16-6-7-18(23(29)30)19(34)11-16/h3-7,10-11,34H,8-9,12-14H2,1-2H3,(H3,27,28)(H3,29,30)(H,31,35)(H,32,37)(H,33,38). The second-order valence-corrected chi connectivity index (χ2v) is 8.79. The van der Waals surface area contributed by atoms with Crippen LogP contribution in [-0.2, 0) is 36.8 Å². The molecule has 14 heteroatoms. The zero-order valence-electron chi connectivity index (χ0n) is 22.1. The van der Waals surface area contributed by atoms with Gasteiger partial charge in [0, 0.05) is 24.9 Å². The zero-order valence-corrected chi connectivity index (χ0v) is 22.1. The number of aromatic hydroxyl groups is 1. The minimum absolute atomic E-state index is 0.00613. The molecule has 10 N–H and O–H groups in total. The van der Waals surface area contributed by atoms with E-state index in [1.807, 2.05) is 0 Å². The lowest BCUT2D eigenvalue weighted by atomic mass is 9.84. The summed E-state index contributed by atoms with van der Waals surface area (Å²) in [6.07, 6.45) is -1.52. The number of phenolic OH excluding ortho intramolecular Hbond substituents is 1. The lowest BCUT2D eigenvalue weighted by Crippen LogP contribution is -2.61. The number of carbonyl (C=O) groups is 4. The van der Waals surface area contributed by atoms with Gasteiger partial charge in [-0.1, -0.05) is 24.3 Å². The third-order valence-corrected chi connectivity index (χ3v) is 5.94. The van der Waals surface area contributed by atoms with Gasteiger partial charge in [-0.05, 0) is 35.7 Å². The van der Waals surface area contributed by atoms with Crippen molar-refractivity contribution in [3.63, 3.8) is 0 Å². The topological polar surface area (TPSA) is 243 Å². The average Bonchev–Trinajstić information content (AvgIpc) is 2.92. The number of esters is 1. The van der Waals surface area contributed by atoms with E-state index in [2.05, 4.69) is 16.0 Å². The van der Waals surface area contributed by atoms with Gasteiger partial charge in [-0.2, -0.15) is 0 Å². The number of phenols is 1. The maximum Gasteiger partial charge on any atom is 0.407 e. The molecule has 2 aromatic rings. The lowest BCUT2D eigenvalue weighted by molar-refractivity contribution is -0.141. The highest BCUT2D eigenvalue weighted by atomic mass is 16.5. The van der Waals surface area contributed by atoms with E-state index in [0.717, 1.165) is 7.11 Å². The van der Waals surface area contributed by atoms with E-state index < -0.39 is 36.0 Å². The Bertz CT molecular complexity index is 1300. The van der Waals surface area contributed by atoms with Crippen LogP contribution in [0.4, 0.5) is 4.79 Å². The number of nitrogen functional groups attached to an aromatic ring is 2. The smallest absolute Gasteiger partial charge is 0.407 e. The van der Waals surface area contributed by atoms with Crippen molar-refractivity contribution in [2.45, 2.75) is 31.3 Å². The zero-order chi connectivity index (χ0) is 29.9. The molecule has 0 aromatic heterocycles. The molecule has 0 saturated heterocycles. The Morgan fingerprint density at radius 1 is 0.950 bits per heavy atom. The van der Waals surface area contributed by atoms with Gasteiger partial charge in [0.1, 0.15) is 23.0 Å². The predicted octanol–water partition coefficient (Wildman–Crippen LogP) is -0.0166. The van der Waals surface area contributed by atoms with Gasteiger partial charge in [-0.15, -0.1) is 0 Å². The minimum Gasteiger partial charge on any atom is -0.507 e. The van der Waals surface area contributed by atoms with Gasteiger partial charge in [0.2, 0.25) is 11.8 Å². The fourth-order valence-corrected chi connectivity index (χ4v) is 3.81. The Balaban J connectivity index is 2.23. The SMILES string of the molecule is COC(=O)CCC(Cc1cccc(C(=N)N)c1)(NC(=O)OC)C(=O)NCC(=O)NCc1ccc(C(=N)N)c(O)c1. The van der Waals surface area contributed by atoms with Crippen LogP contribution in [0.1, 0.15) is 35.1 Å². The van der Waals surface area contributed by atoms with Crippen molar-refractivity contribution < 1.29 is 33.8 Å². The second-order valence-electron chi connectivity index (χ2n) is 8.79. The number of hydrogen-bond donors (Lipinski definition) is 8. The lowest BCUT2D eigenvalue weighted by Gasteiger charge is -2.33. The van der Waals surface area contributed by atoms with Crippen LogP contribution in [0, 0.1) is 10.8 Å². The number of nitrogens with one attached hydrogen (secondary N) is 5. The molecule has 1 unspecified atom stereocenters. The summed E-state index contributed by atoms with van der Waals surface area (Å²) in [5.74, 6) is -2.70. The van der Waals surface area contributed by atoms with Crippen molar-refractivity contribution in [2.24, 2.45) is 11.5 Å². The van der Waals surface area contributed by atoms with Crippen molar-refractivity contribution in [1.29, 1.82) is 10.8 Å². The largest absolute Gasteiger partial charge is 0.507 e. The summed E-state index contributed by atoms with van der Waals surface area (Å²) < 4.78 is 9.41. The van der Waals surface area contributed by atoms with Crippen molar-refractivity contribution in [3.05, 3.63) is 64.7 Å². The van der Waals surface area contributed by atoms with Crippen LogP contribution in [0.15, 0.2) is 42.5 Å². The van der Waals surface area contributed by atoms with Crippen LogP contribution < -0.4 is 27.4 Å². The molecule has 0 spiro atoms. The number of benzene rings is 2. The van der Waals surface area contributed by atoms with E-state index >= 15 is 0 Å². The molecule has 0 radical (unpaired) electrons. The van der Waals surface area contributed by atoms with Gasteiger partial charge in [-0.25, -0.2) is 4.79 Å². The van der Waals surface area contributed by atoms with Crippen molar-refractivity contribution in [1.82, 2.24) is 16.0 Å². The third kappa shape index (κ3) is 8.72. The summed E-state index contributed by atoms with van der Waals surface area (Å²) in [6.45, 7) is -0.473. The molecule has 0 aliphatic carbocycles. The summed E-state index contributed by atoms with van der Waals surface area (Å²) in [7, 11) is 2.30. The first-order valence-corrected chi connectivity index (χ1v) is 12.0. The number of amidine groups is 2. The monoisotopic (exact) mass is 555 g/mol. The molecule has 40 heavy (non-hydrogen) atoms. The number of amides is 3. The van der Waals surface area contributed by atoms with Crippen LogP contribution >= 0.6 is 0 Å². The maximum absolute atomic E-state index is 13.5. The first kappa shape index (κ1) is 31.1. The Hall–Kier alpha value is -5.14. The van der Waals surface area contributed by atoms with Crippen molar-refractivity contribution in [3.8, 4) is 5.75 Å². The summed E-state index contributed by atoms with van der Waals surface area (Å²) in [6, 6.07) is 10.8. The molecule has 214 valence electrons. The quantitative estimate of drug-likeness (QED) is 0.0939. The normalized spacial score (nSPS) is 11.8. The van der Waals surface area contributed by atoms with Crippen LogP contribution in [-0.4, -0.2) is 67.0 Å². The van der Waals surface area contributed by atoms with Crippen LogP contribution in [0.25, 0.3) is 0 Å². The number of ether oxygens (including phenoxy) is 2. The second kappa shape index (κ2) is 14.1. The van der Waals surface area contributed by atoms with Crippen molar-refractivity contribution >= 4 is 35.5 Å². The van der Waals surface area contributed by atoms with E-state index in [1.54, 1.807) is 30.3 Å². The van der Waals surface area contributed by atoms with Gasteiger partial charge in [0.05, 0.1) is 26.3 Å². The molecule has 0 aliphatic heterocycles.